The Kier molecular flexibility index (Phi) is 4.60. The number of para-hydroxylation sites is 1. The Morgan fingerprint density at radius 3 is 2.46 bits per heavy atom. The number of carbonyl (C=O) groups excluding carboxylic acids is 1. The predicted octanol–water partition coefficient (Wildman–Crippen LogP) is 3.47. The second-order valence-electron chi connectivity index (χ2n) is 6.33. The molecule has 0 spiro atoms. The van der Waals surface area contributed by atoms with E-state index in [9.17, 15) is 15.0 Å². The molecule has 0 unspecified atom stereocenters. The lowest BCUT2D eigenvalue weighted by Crippen LogP contribution is -2.29. The lowest BCUT2D eigenvalue weighted by atomic mass is 10.1. The van der Waals surface area contributed by atoms with Crippen molar-refractivity contribution in [3.63, 3.8) is 0 Å². The van der Waals surface area contributed by atoms with Crippen LogP contribution in [0, 0.1) is 0 Å². The second kappa shape index (κ2) is 7.36. The molecule has 0 saturated heterocycles. The number of amides is 1. The van der Waals surface area contributed by atoms with E-state index >= 15 is 0 Å². The molecule has 4 rings (SSSR count). The molecule has 0 aromatic heterocycles. The van der Waals surface area contributed by atoms with Crippen LogP contribution in [0.15, 0.2) is 83.0 Å². The predicted molar refractivity (Wildman–Crippen MR) is 108 cm³/mol. The average Bonchev–Trinajstić information content (AvgIpc) is 2.96. The van der Waals surface area contributed by atoms with Crippen LogP contribution in [-0.2, 0) is 11.3 Å². The molecular formula is C22H17N3O3. The smallest absolute Gasteiger partial charge is 0.279 e. The maximum absolute atomic E-state index is 13.0. The summed E-state index contributed by atoms with van der Waals surface area (Å²) in [5, 5.41) is 27.3. The van der Waals surface area contributed by atoms with Gasteiger partial charge in [-0.2, -0.15) is 5.10 Å². The van der Waals surface area contributed by atoms with Gasteiger partial charge in [0, 0.05) is 17.2 Å². The molecule has 1 heterocycles. The molecule has 138 valence electrons. The van der Waals surface area contributed by atoms with Gasteiger partial charge in [-0.15, -0.1) is 5.10 Å². The number of hydrogen-bond donors (Lipinski definition) is 2. The molecule has 0 atom stereocenters. The van der Waals surface area contributed by atoms with Crippen molar-refractivity contribution < 1.29 is 15.0 Å². The van der Waals surface area contributed by atoms with Gasteiger partial charge < -0.3 is 15.1 Å². The van der Waals surface area contributed by atoms with Gasteiger partial charge in [-0.1, -0.05) is 48.5 Å². The Hall–Kier alpha value is -3.93. The van der Waals surface area contributed by atoms with E-state index in [1.807, 2.05) is 54.6 Å². The number of aromatic hydroxyl groups is 2. The SMILES string of the molecule is O=C1/C(=N\N=C\c2ccc(O)cc2O)c2ccccc2N1Cc1ccccc1. The molecule has 6 nitrogen and oxygen atoms in total. The number of benzene rings is 3. The third-order valence-electron chi connectivity index (χ3n) is 4.45. The van der Waals surface area contributed by atoms with Crippen molar-refractivity contribution in [1.82, 2.24) is 0 Å². The van der Waals surface area contributed by atoms with Crippen LogP contribution in [0.5, 0.6) is 11.5 Å². The van der Waals surface area contributed by atoms with Gasteiger partial charge in [0.15, 0.2) is 5.71 Å². The summed E-state index contributed by atoms with van der Waals surface area (Å²) in [7, 11) is 0. The summed E-state index contributed by atoms with van der Waals surface area (Å²) < 4.78 is 0. The number of carbonyl (C=O) groups is 1. The molecule has 1 amide bonds. The lowest BCUT2D eigenvalue weighted by molar-refractivity contribution is -0.112. The minimum Gasteiger partial charge on any atom is -0.508 e. The third-order valence-corrected chi connectivity index (χ3v) is 4.45. The highest BCUT2D eigenvalue weighted by Crippen LogP contribution is 2.30. The number of fused-ring (bicyclic) bond motifs is 1. The van der Waals surface area contributed by atoms with Crippen LogP contribution in [0.3, 0.4) is 0 Å². The summed E-state index contributed by atoms with van der Waals surface area (Å²) in [4.78, 5) is 14.6. The molecule has 2 N–H and O–H groups in total. The van der Waals surface area contributed by atoms with Crippen LogP contribution in [0.1, 0.15) is 16.7 Å². The van der Waals surface area contributed by atoms with Crippen molar-refractivity contribution in [3.8, 4) is 11.5 Å². The maximum Gasteiger partial charge on any atom is 0.279 e. The Bertz CT molecular complexity index is 1090. The van der Waals surface area contributed by atoms with E-state index in [4.69, 9.17) is 0 Å². The summed E-state index contributed by atoms with van der Waals surface area (Å²) in [5.74, 6) is -0.387. The van der Waals surface area contributed by atoms with E-state index in [1.54, 1.807) is 4.90 Å². The Morgan fingerprint density at radius 2 is 1.68 bits per heavy atom. The van der Waals surface area contributed by atoms with E-state index in [0.717, 1.165) is 16.8 Å². The monoisotopic (exact) mass is 371 g/mol. The van der Waals surface area contributed by atoms with E-state index in [1.165, 1.54) is 24.4 Å². The fraction of sp³-hybridized carbons (Fsp3) is 0.0455. The van der Waals surface area contributed by atoms with Gasteiger partial charge in [0.05, 0.1) is 18.4 Å². The largest absolute Gasteiger partial charge is 0.508 e. The molecule has 0 radical (unpaired) electrons. The number of anilines is 1. The fourth-order valence-electron chi connectivity index (χ4n) is 3.07. The molecule has 0 fully saturated rings. The average molecular weight is 371 g/mol. The van der Waals surface area contributed by atoms with Crippen molar-refractivity contribution in [2.75, 3.05) is 4.90 Å². The summed E-state index contributed by atoms with van der Waals surface area (Å²) in [5.41, 5.74) is 3.17. The first-order valence-electron chi connectivity index (χ1n) is 8.71. The van der Waals surface area contributed by atoms with Gasteiger partial charge in [-0.25, -0.2) is 0 Å². The molecule has 0 aliphatic carbocycles. The summed E-state index contributed by atoms with van der Waals surface area (Å²) >= 11 is 0. The highest BCUT2D eigenvalue weighted by Gasteiger charge is 2.33. The number of phenols is 2. The Labute approximate surface area is 161 Å². The summed E-state index contributed by atoms with van der Waals surface area (Å²) in [6, 6.07) is 21.4. The van der Waals surface area contributed by atoms with Crippen molar-refractivity contribution in [3.05, 3.63) is 89.5 Å². The molecule has 1 aliphatic rings. The van der Waals surface area contributed by atoms with Crippen molar-refractivity contribution in [2.45, 2.75) is 6.54 Å². The van der Waals surface area contributed by atoms with Crippen molar-refractivity contribution in [2.24, 2.45) is 10.2 Å². The van der Waals surface area contributed by atoms with Crippen LogP contribution < -0.4 is 4.90 Å². The Balaban J connectivity index is 1.65. The normalized spacial score (nSPS) is 14.8. The lowest BCUT2D eigenvalue weighted by Gasteiger charge is -2.16. The standard InChI is InChI=1S/C22H17N3O3/c26-17-11-10-16(20(27)12-17)13-23-24-21-18-8-4-5-9-19(18)25(22(21)28)14-15-6-2-1-3-7-15/h1-13,26-27H,14H2/b23-13+,24-21-. The van der Waals surface area contributed by atoms with Gasteiger partial charge >= 0.3 is 0 Å². The highest BCUT2D eigenvalue weighted by atomic mass is 16.3. The third kappa shape index (κ3) is 3.35. The number of nitrogens with zero attached hydrogens (tertiary/aromatic N) is 3. The van der Waals surface area contributed by atoms with E-state index in [-0.39, 0.29) is 23.1 Å². The summed E-state index contributed by atoms with van der Waals surface area (Å²) in [6.45, 7) is 0.443. The van der Waals surface area contributed by atoms with E-state index in [0.29, 0.717) is 12.1 Å². The highest BCUT2D eigenvalue weighted by molar-refractivity contribution is 6.54. The molecule has 3 aromatic carbocycles. The molecule has 3 aromatic rings. The first-order valence-corrected chi connectivity index (χ1v) is 8.71. The fourth-order valence-corrected chi connectivity index (χ4v) is 3.07. The first kappa shape index (κ1) is 17.5. The molecule has 28 heavy (non-hydrogen) atoms. The molecule has 6 heteroatoms. The maximum atomic E-state index is 13.0. The van der Waals surface area contributed by atoms with E-state index < -0.39 is 0 Å². The number of phenolic OH excluding ortho intramolecular Hbond substituents is 2. The Morgan fingerprint density at radius 1 is 0.929 bits per heavy atom. The van der Waals surface area contributed by atoms with Crippen molar-refractivity contribution >= 4 is 23.5 Å². The first-order chi connectivity index (χ1) is 13.6. The number of rotatable bonds is 4. The minimum absolute atomic E-state index is 0.0441. The zero-order chi connectivity index (χ0) is 19.5. The quantitative estimate of drug-likeness (QED) is 0.544. The van der Waals surface area contributed by atoms with Crippen LogP contribution in [0.2, 0.25) is 0 Å². The molecular weight excluding hydrogens is 354 g/mol. The zero-order valence-electron chi connectivity index (χ0n) is 14.9. The van der Waals surface area contributed by atoms with Crippen LogP contribution in [0.4, 0.5) is 5.69 Å². The topological polar surface area (TPSA) is 85.5 Å². The second-order valence-corrected chi connectivity index (χ2v) is 6.33. The van der Waals surface area contributed by atoms with Crippen LogP contribution >= 0.6 is 0 Å². The zero-order valence-corrected chi connectivity index (χ0v) is 14.9. The van der Waals surface area contributed by atoms with Crippen LogP contribution in [0.25, 0.3) is 0 Å². The van der Waals surface area contributed by atoms with Gasteiger partial charge in [-0.3, -0.25) is 4.79 Å². The molecule has 0 bridgehead atoms. The minimum atomic E-state index is -0.225. The molecule has 1 aliphatic heterocycles. The van der Waals surface area contributed by atoms with E-state index in [2.05, 4.69) is 10.2 Å². The van der Waals surface area contributed by atoms with Gasteiger partial charge in [0.25, 0.3) is 5.91 Å². The number of hydrogen-bond acceptors (Lipinski definition) is 5. The van der Waals surface area contributed by atoms with Crippen molar-refractivity contribution in [1.29, 1.82) is 0 Å². The summed E-state index contributed by atoms with van der Waals surface area (Å²) in [6.07, 6.45) is 1.34. The van der Waals surface area contributed by atoms with Gasteiger partial charge in [0.2, 0.25) is 0 Å². The van der Waals surface area contributed by atoms with Crippen LogP contribution in [-0.4, -0.2) is 28.0 Å². The van der Waals surface area contributed by atoms with Gasteiger partial charge in [-0.05, 0) is 23.8 Å². The van der Waals surface area contributed by atoms with Gasteiger partial charge in [0.1, 0.15) is 11.5 Å². The molecule has 0 saturated carbocycles.